The highest BCUT2D eigenvalue weighted by Crippen LogP contribution is 2.22. The summed E-state index contributed by atoms with van der Waals surface area (Å²) in [5.74, 6) is 0.414. The molecule has 24 heavy (non-hydrogen) atoms. The topological polar surface area (TPSA) is 79.5 Å². The SMILES string of the molecule is CCCC(C)c1cc(C)c(C(=O)NCCCC(C)(C)CO)c(=O)o1. The zero-order valence-corrected chi connectivity index (χ0v) is 15.6. The number of hydrogen-bond acceptors (Lipinski definition) is 4. The smallest absolute Gasteiger partial charge is 0.349 e. The second-order valence-electron chi connectivity index (χ2n) is 7.37. The molecule has 0 radical (unpaired) electrons. The van der Waals surface area contributed by atoms with Crippen LogP contribution in [0.5, 0.6) is 0 Å². The maximum absolute atomic E-state index is 12.3. The van der Waals surface area contributed by atoms with Crippen LogP contribution in [-0.4, -0.2) is 24.2 Å². The molecule has 5 heteroatoms. The average molecular weight is 337 g/mol. The molecule has 136 valence electrons. The Balaban J connectivity index is 2.73. The standard InChI is InChI=1S/C19H31NO4/c1-6-8-13(2)15-11-14(3)16(18(23)24-15)17(22)20-10-7-9-19(4,5)12-21/h11,13,21H,6-10,12H2,1-5H3,(H,20,22). The molecule has 0 fully saturated rings. The van der Waals surface area contributed by atoms with E-state index in [2.05, 4.69) is 12.2 Å². The van der Waals surface area contributed by atoms with Crippen LogP contribution in [0, 0.1) is 12.3 Å². The van der Waals surface area contributed by atoms with E-state index in [0.29, 0.717) is 17.9 Å². The summed E-state index contributed by atoms with van der Waals surface area (Å²) in [7, 11) is 0. The van der Waals surface area contributed by atoms with Crippen molar-refractivity contribution in [1.82, 2.24) is 5.32 Å². The zero-order valence-electron chi connectivity index (χ0n) is 15.6. The van der Waals surface area contributed by atoms with Crippen LogP contribution in [0.3, 0.4) is 0 Å². The Labute approximate surface area is 144 Å². The lowest BCUT2D eigenvalue weighted by Crippen LogP contribution is -2.31. The van der Waals surface area contributed by atoms with Crippen LogP contribution in [0.25, 0.3) is 0 Å². The van der Waals surface area contributed by atoms with Gasteiger partial charge >= 0.3 is 5.63 Å². The van der Waals surface area contributed by atoms with Crippen molar-refractivity contribution in [3.63, 3.8) is 0 Å². The first-order valence-electron chi connectivity index (χ1n) is 8.75. The van der Waals surface area contributed by atoms with Gasteiger partial charge in [-0.3, -0.25) is 4.79 Å². The monoisotopic (exact) mass is 337 g/mol. The van der Waals surface area contributed by atoms with Crippen molar-refractivity contribution in [2.45, 2.75) is 66.2 Å². The maximum Gasteiger partial charge on any atom is 0.349 e. The molecule has 1 amide bonds. The Morgan fingerprint density at radius 3 is 2.62 bits per heavy atom. The molecule has 0 aliphatic carbocycles. The van der Waals surface area contributed by atoms with Gasteiger partial charge in [-0.1, -0.05) is 34.1 Å². The minimum absolute atomic E-state index is 0.0869. The van der Waals surface area contributed by atoms with Gasteiger partial charge in [0, 0.05) is 19.1 Å². The van der Waals surface area contributed by atoms with Crippen molar-refractivity contribution in [3.05, 3.63) is 33.4 Å². The van der Waals surface area contributed by atoms with Crippen LogP contribution < -0.4 is 10.9 Å². The summed E-state index contributed by atoms with van der Waals surface area (Å²) < 4.78 is 5.35. The molecule has 1 heterocycles. The van der Waals surface area contributed by atoms with Crippen LogP contribution in [-0.2, 0) is 0 Å². The molecule has 1 aromatic rings. The van der Waals surface area contributed by atoms with E-state index in [1.165, 1.54) is 0 Å². The molecule has 5 nitrogen and oxygen atoms in total. The molecule has 2 N–H and O–H groups in total. The average Bonchev–Trinajstić information content (AvgIpc) is 2.51. The van der Waals surface area contributed by atoms with Gasteiger partial charge in [-0.25, -0.2) is 4.79 Å². The van der Waals surface area contributed by atoms with Gasteiger partial charge in [0.05, 0.1) is 0 Å². The molecular weight excluding hydrogens is 306 g/mol. The van der Waals surface area contributed by atoms with E-state index in [-0.39, 0.29) is 23.5 Å². The van der Waals surface area contributed by atoms with Crippen LogP contribution in [0.4, 0.5) is 0 Å². The first kappa shape index (κ1) is 20.4. The highest BCUT2D eigenvalue weighted by Gasteiger charge is 2.19. The molecule has 1 atom stereocenters. The highest BCUT2D eigenvalue weighted by molar-refractivity contribution is 5.95. The van der Waals surface area contributed by atoms with Crippen LogP contribution in [0.2, 0.25) is 0 Å². The van der Waals surface area contributed by atoms with E-state index in [4.69, 9.17) is 4.42 Å². The number of aryl methyl sites for hydroxylation is 1. The van der Waals surface area contributed by atoms with Gasteiger partial charge < -0.3 is 14.8 Å². The van der Waals surface area contributed by atoms with Crippen molar-refractivity contribution < 1.29 is 14.3 Å². The van der Waals surface area contributed by atoms with Crippen molar-refractivity contribution in [3.8, 4) is 0 Å². The van der Waals surface area contributed by atoms with Crippen LogP contribution >= 0.6 is 0 Å². The molecule has 1 unspecified atom stereocenters. The summed E-state index contributed by atoms with van der Waals surface area (Å²) in [6.07, 6.45) is 3.49. The van der Waals surface area contributed by atoms with E-state index in [1.54, 1.807) is 13.0 Å². The minimum atomic E-state index is -0.568. The van der Waals surface area contributed by atoms with E-state index in [0.717, 1.165) is 25.7 Å². The number of carbonyl (C=O) groups excluding carboxylic acids is 1. The first-order chi connectivity index (χ1) is 11.2. The Hall–Kier alpha value is -1.62. The molecule has 0 bridgehead atoms. The lowest BCUT2D eigenvalue weighted by molar-refractivity contribution is 0.0943. The van der Waals surface area contributed by atoms with Gasteiger partial charge in [0.25, 0.3) is 5.91 Å². The van der Waals surface area contributed by atoms with Gasteiger partial charge in [0.2, 0.25) is 0 Å². The molecule has 0 saturated carbocycles. The third-order valence-electron chi connectivity index (χ3n) is 4.35. The van der Waals surface area contributed by atoms with Crippen molar-refractivity contribution >= 4 is 5.91 Å². The number of aliphatic hydroxyl groups is 1. The fourth-order valence-electron chi connectivity index (χ4n) is 2.66. The fourth-order valence-corrected chi connectivity index (χ4v) is 2.66. The Morgan fingerprint density at radius 2 is 2.08 bits per heavy atom. The number of rotatable bonds is 9. The highest BCUT2D eigenvalue weighted by atomic mass is 16.4. The summed E-state index contributed by atoms with van der Waals surface area (Å²) in [5, 5.41) is 12.0. The molecule has 1 rings (SSSR count). The number of carbonyl (C=O) groups is 1. The summed E-state index contributed by atoms with van der Waals surface area (Å²) >= 11 is 0. The second-order valence-corrected chi connectivity index (χ2v) is 7.37. The van der Waals surface area contributed by atoms with E-state index in [1.807, 2.05) is 20.8 Å². The minimum Gasteiger partial charge on any atom is -0.427 e. The third kappa shape index (κ3) is 5.78. The van der Waals surface area contributed by atoms with Crippen molar-refractivity contribution in [2.75, 3.05) is 13.2 Å². The quantitative estimate of drug-likeness (QED) is 0.677. The normalized spacial score (nSPS) is 12.9. The molecular formula is C19H31NO4. The molecule has 0 aliphatic heterocycles. The predicted molar refractivity (Wildman–Crippen MR) is 95.5 cm³/mol. The molecule has 0 aromatic carbocycles. The Morgan fingerprint density at radius 1 is 1.42 bits per heavy atom. The lowest BCUT2D eigenvalue weighted by Gasteiger charge is -2.21. The largest absolute Gasteiger partial charge is 0.427 e. The summed E-state index contributed by atoms with van der Waals surface area (Å²) in [4.78, 5) is 24.5. The molecule has 1 aromatic heterocycles. The zero-order chi connectivity index (χ0) is 18.3. The number of amides is 1. The third-order valence-corrected chi connectivity index (χ3v) is 4.35. The summed E-state index contributed by atoms with van der Waals surface area (Å²) in [6, 6.07) is 1.80. The second kappa shape index (κ2) is 9.02. The van der Waals surface area contributed by atoms with E-state index >= 15 is 0 Å². The van der Waals surface area contributed by atoms with Crippen LogP contribution in [0.1, 0.15) is 81.0 Å². The predicted octanol–water partition coefficient (Wildman–Crippen LogP) is 3.38. The van der Waals surface area contributed by atoms with E-state index in [9.17, 15) is 14.7 Å². The van der Waals surface area contributed by atoms with Crippen LogP contribution in [0.15, 0.2) is 15.3 Å². The summed E-state index contributed by atoms with van der Waals surface area (Å²) in [5.41, 5.74) is 0.0129. The van der Waals surface area contributed by atoms with Gasteiger partial charge in [-0.05, 0) is 43.2 Å². The number of hydrogen-bond donors (Lipinski definition) is 2. The Kier molecular flexibility index (Phi) is 7.67. The Bertz CT molecular complexity index is 604. The first-order valence-corrected chi connectivity index (χ1v) is 8.75. The van der Waals surface area contributed by atoms with Crippen molar-refractivity contribution in [1.29, 1.82) is 0 Å². The van der Waals surface area contributed by atoms with Gasteiger partial charge in [0.1, 0.15) is 11.3 Å². The van der Waals surface area contributed by atoms with Gasteiger partial charge in [0.15, 0.2) is 0 Å². The van der Waals surface area contributed by atoms with E-state index < -0.39 is 11.5 Å². The fraction of sp³-hybridized carbons (Fsp3) is 0.684. The molecule has 0 spiro atoms. The summed E-state index contributed by atoms with van der Waals surface area (Å²) in [6.45, 7) is 10.4. The molecule has 0 aliphatic rings. The number of nitrogens with one attached hydrogen (secondary N) is 1. The van der Waals surface area contributed by atoms with Gasteiger partial charge in [-0.15, -0.1) is 0 Å². The van der Waals surface area contributed by atoms with Crippen molar-refractivity contribution in [2.24, 2.45) is 5.41 Å². The lowest BCUT2D eigenvalue weighted by atomic mass is 9.89. The number of aliphatic hydroxyl groups excluding tert-OH is 1. The van der Waals surface area contributed by atoms with Gasteiger partial charge in [-0.2, -0.15) is 0 Å². The maximum atomic E-state index is 12.3. The molecule has 0 saturated heterocycles.